The zero-order chi connectivity index (χ0) is 17.6. The van der Waals surface area contributed by atoms with Gasteiger partial charge in [-0.05, 0) is 36.7 Å². The van der Waals surface area contributed by atoms with E-state index in [4.69, 9.17) is 0 Å². The maximum Gasteiger partial charge on any atom is 0.252 e. The number of likely N-dealkylation sites (tertiary alicyclic amines) is 1. The Labute approximate surface area is 152 Å². The van der Waals surface area contributed by atoms with E-state index in [0.717, 1.165) is 30.8 Å². The number of benzene rings is 1. The van der Waals surface area contributed by atoms with Crippen LogP contribution in [0, 0.1) is 5.21 Å². The molecule has 2 heterocycles. The molecule has 1 amide bonds. The van der Waals surface area contributed by atoms with Crippen LogP contribution < -0.4 is 10.0 Å². The predicted molar refractivity (Wildman–Crippen MR) is 99.0 cm³/mol. The quantitative estimate of drug-likeness (QED) is 0.489. The maximum atomic E-state index is 12.4. The van der Waals surface area contributed by atoms with Gasteiger partial charge < -0.3 is 10.5 Å². The normalized spacial score (nSPS) is 18.8. The van der Waals surface area contributed by atoms with Gasteiger partial charge in [0.25, 0.3) is 5.03 Å². The molecule has 5 nitrogen and oxygen atoms in total. The Hall–Kier alpha value is -2.05. The highest BCUT2D eigenvalue weighted by Gasteiger charge is 2.26. The highest BCUT2D eigenvalue weighted by molar-refractivity contribution is 8.00. The van der Waals surface area contributed by atoms with E-state index in [9.17, 15) is 10.0 Å². The first-order valence-electron chi connectivity index (χ1n) is 8.53. The minimum atomic E-state index is -0.300. The average Bonchev–Trinajstić information content (AvgIpc) is 3.04. The Balaban J connectivity index is 1.47. The molecule has 1 aliphatic rings. The van der Waals surface area contributed by atoms with Gasteiger partial charge in [-0.15, -0.1) is 0 Å². The number of pyridine rings is 1. The van der Waals surface area contributed by atoms with Crippen molar-refractivity contribution in [2.45, 2.75) is 36.2 Å². The molecular formula is C19H23N3O2S. The van der Waals surface area contributed by atoms with Crippen LogP contribution in [0.25, 0.3) is 0 Å². The first kappa shape index (κ1) is 17.8. The number of carbonyl (C=O) groups excluding carboxylic acids is 1. The van der Waals surface area contributed by atoms with E-state index in [0.29, 0.717) is 5.03 Å². The van der Waals surface area contributed by atoms with Crippen LogP contribution in [0.2, 0.25) is 0 Å². The smallest absolute Gasteiger partial charge is 0.252 e. The molecule has 2 atom stereocenters. The fourth-order valence-electron chi connectivity index (χ4n) is 2.99. The lowest BCUT2D eigenvalue weighted by molar-refractivity contribution is -0.645. The molecule has 1 N–H and O–H groups in total. The largest absolute Gasteiger partial charge is 0.618 e. The monoisotopic (exact) mass is 357 g/mol. The number of hydrogen-bond donors (Lipinski definition) is 1. The molecule has 6 heteroatoms. The standard InChI is InChI=1S/C19H23N3O2S/c1-15(25-18-9-5-6-11-22(18)24)19(23)20-17-10-12-21(14-17)13-16-7-3-2-4-8-16/h2-9,11,15,17H,10,12-14H2,1H3,(H,20,23). The molecule has 132 valence electrons. The minimum Gasteiger partial charge on any atom is -0.618 e. The van der Waals surface area contributed by atoms with Gasteiger partial charge in [0.1, 0.15) is 0 Å². The third kappa shape index (κ3) is 4.96. The lowest BCUT2D eigenvalue weighted by Gasteiger charge is -2.18. The van der Waals surface area contributed by atoms with Crippen molar-refractivity contribution in [1.82, 2.24) is 10.2 Å². The summed E-state index contributed by atoms with van der Waals surface area (Å²) < 4.78 is 0.797. The number of carbonyl (C=O) groups is 1. The van der Waals surface area contributed by atoms with E-state index in [1.165, 1.54) is 23.5 Å². The molecule has 3 rings (SSSR count). The van der Waals surface area contributed by atoms with Crippen LogP contribution in [0.4, 0.5) is 0 Å². The lowest BCUT2D eigenvalue weighted by Crippen LogP contribution is -2.41. The zero-order valence-corrected chi connectivity index (χ0v) is 15.1. The highest BCUT2D eigenvalue weighted by atomic mass is 32.2. The molecule has 2 unspecified atom stereocenters. The van der Waals surface area contributed by atoms with Crippen LogP contribution >= 0.6 is 11.8 Å². The van der Waals surface area contributed by atoms with Crippen molar-refractivity contribution in [3.63, 3.8) is 0 Å². The van der Waals surface area contributed by atoms with Crippen LogP contribution in [-0.4, -0.2) is 35.2 Å². The molecule has 1 saturated heterocycles. The molecule has 1 fully saturated rings. The van der Waals surface area contributed by atoms with Gasteiger partial charge in [-0.2, -0.15) is 4.73 Å². The Morgan fingerprint density at radius 2 is 2.08 bits per heavy atom. The first-order chi connectivity index (χ1) is 12.1. The summed E-state index contributed by atoms with van der Waals surface area (Å²) in [5, 5.41) is 15.1. The van der Waals surface area contributed by atoms with Crippen molar-refractivity contribution >= 4 is 17.7 Å². The van der Waals surface area contributed by atoms with Crippen molar-refractivity contribution in [2.24, 2.45) is 0 Å². The van der Waals surface area contributed by atoms with Crippen molar-refractivity contribution in [3.05, 3.63) is 65.5 Å². The van der Waals surface area contributed by atoms with Gasteiger partial charge in [0.15, 0.2) is 6.20 Å². The van der Waals surface area contributed by atoms with Gasteiger partial charge in [0.2, 0.25) is 5.91 Å². The average molecular weight is 357 g/mol. The summed E-state index contributed by atoms with van der Waals surface area (Å²) in [6.07, 6.45) is 2.41. The lowest BCUT2D eigenvalue weighted by atomic mass is 10.2. The number of aromatic nitrogens is 1. The van der Waals surface area contributed by atoms with E-state index < -0.39 is 0 Å². The third-order valence-corrected chi connectivity index (χ3v) is 5.45. The molecule has 2 aromatic rings. The number of nitrogens with one attached hydrogen (secondary N) is 1. The minimum absolute atomic E-state index is 0.0135. The van der Waals surface area contributed by atoms with Crippen LogP contribution in [0.1, 0.15) is 18.9 Å². The Morgan fingerprint density at radius 3 is 2.84 bits per heavy atom. The molecule has 1 aromatic carbocycles. The summed E-state index contributed by atoms with van der Waals surface area (Å²) in [5.74, 6) is -0.0135. The van der Waals surface area contributed by atoms with Gasteiger partial charge in [-0.1, -0.05) is 30.3 Å². The second-order valence-corrected chi connectivity index (χ2v) is 7.70. The summed E-state index contributed by atoms with van der Waals surface area (Å²) in [4.78, 5) is 14.8. The Bertz CT molecular complexity index is 711. The molecule has 0 bridgehead atoms. The van der Waals surface area contributed by atoms with Crippen molar-refractivity contribution in [2.75, 3.05) is 13.1 Å². The van der Waals surface area contributed by atoms with Gasteiger partial charge in [-0.25, -0.2) is 0 Å². The summed E-state index contributed by atoms with van der Waals surface area (Å²) in [5.41, 5.74) is 1.29. The molecule has 0 aliphatic carbocycles. The Morgan fingerprint density at radius 1 is 1.32 bits per heavy atom. The topological polar surface area (TPSA) is 59.3 Å². The maximum absolute atomic E-state index is 12.4. The summed E-state index contributed by atoms with van der Waals surface area (Å²) in [6.45, 7) is 4.60. The number of rotatable bonds is 6. The molecule has 0 saturated carbocycles. The summed E-state index contributed by atoms with van der Waals surface area (Å²) in [7, 11) is 0. The van der Waals surface area contributed by atoms with Crippen LogP contribution in [0.3, 0.4) is 0 Å². The number of thioether (sulfide) groups is 1. The molecule has 1 aliphatic heterocycles. The van der Waals surface area contributed by atoms with Crippen LogP contribution in [0.5, 0.6) is 0 Å². The van der Waals surface area contributed by atoms with E-state index >= 15 is 0 Å². The van der Waals surface area contributed by atoms with Crippen LogP contribution in [0.15, 0.2) is 59.8 Å². The third-order valence-electron chi connectivity index (χ3n) is 4.32. The van der Waals surface area contributed by atoms with E-state index in [1.807, 2.05) is 13.0 Å². The predicted octanol–water partition coefficient (Wildman–Crippen LogP) is 2.19. The number of nitrogens with zero attached hydrogens (tertiary/aromatic N) is 2. The van der Waals surface area contributed by atoms with Gasteiger partial charge >= 0.3 is 0 Å². The summed E-state index contributed by atoms with van der Waals surface area (Å²) in [6, 6.07) is 15.8. The molecule has 1 aromatic heterocycles. The van der Waals surface area contributed by atoms with Gasteiger partial charge in [0, 0.05) is 37.8 Å². The van der Waals surface area contributed by atoms with Crippen LogP contribution in [-0.2, 0) is 11.3 Å². The summed E-state index contributed by atoms with van der Waals surface area (Å²) >= 11 is 1.29. The van der Waals surface area contributed by atoms with Gasteiger partial charge in [-0.3, -0.25) is 9.69 Å². The van der Waals surface area contributed by atoms with Crippen molar-refractivity contribution < 1.29 is 9.52 Å². The molecule has 0 spiro atoms. The van der Waals surface area contributed by atoms with Gasteiger partial charge in [0.05, 0.1) is 5.25 Å². The molecule has 0 radical (unpaired) electrons. The highest BCUT2D eigenvalue weighted by Crippen LogP contribution is 2.20. The van der Waals surface area contributed by atoms with E-state index in [-0.39, 0.29) is 17.2 Å². The van der Waals surface area contributed by atoms with Crippen molar-refractivity contribution in [3.8, 4) is 0 Å². The number of amides is 1. The first-order valence-corrected chi connectivity index (χ1v) is 9.41. The van der Waals surface area contributed by atoms with Crippen molar-refractivity contribution in [1.29, 1.82) is 0 Å². The SMILES string of the molecule is CC(Sc1cccc[n+]1[O-])C(=O)NC1CCN(Cc2ccccc2)C1. The molecular weight excluding hydrogens is 334 g/mol. The zero-order valence-electron chi connectivity index (χ0n) is 14.3. The van der Waals surface area contributed by atoms with E-state index in [1.54, 1.807) is 18.2 Å². The fourth-order valence-corrected chi connectivity index (χ4v) is 3.85. The van der Waals surface area contributed by atoms with E-state index in [2.05, 4.69) is 34.5 Å². The molecule has 25 heavy (non-hydrogen) atoms. The fraction of sp³-hybridized carbons (Fsp3) is 0.368. The second kappa shape index (κ2) is 8.36. The second-order valence-electron chi connectivity index (χ2n) is 6.34. The Kier molecular flexibility index (Phi) is 5.94. The number of hydrogen-bond acceptors (Lipinski definition) is 4.